The van der Waals surface area contributed by atoms with Crippen LogP contribution in [0.25, 0.3) is 21.8 Å². The van der Waals surface area contributed by atoms with Crippen molar-refractivity contribution in [3.05, 3.63) is 114 Å². The molecule has 0 amide bonds. The third kappa shape index (κ3) is 4.39. The van der Waals surface area contributed by atoms with Gasteiger partial charge in [-0.2, -0.15) is 0 Å². The molecule has 7 rings (SSSR count). The van der Waals surface area contributed by atoms with E-state index >= 15 is 4.79 Å². The summed E-state index contributed by atoms with van der Waals surface area (Å²) in [5.74, 6) is -2.05. The first-order valence-electron chi connectivity index (χ1n) is 15.1. The number of aromatic nitrogens is 3. The van der Waals surface area contributed by atoms with Gasteiger partial charge in [-0.05, 0) is 43.4 Å². The van der Waals surface area contributed by atoms with Crippen LogP contribution in [0.1, 0.15) is 29.2 Å². The molecule has 0 saturated carbocycles. The van der Waals surface area contributed by atoms with Gasteiger partial charge in [0.25, 0.3) is 0 Å². The lowest BCUT2D eigenvalue weighted by Crippen LogP contribution is -2.75. The summed E-state index contributed by atoms with van der Waals surface area (Å²) in [5, 5.41) is 1.83. The summed E-state index contributed by atoms with van der Waals surface area (Å²) in [6, 6.07) is 26.6. The number of piperidine rings is 2. The van der Waals surface area contributed by atoms with Gasteiger partial charge in [0.1, 0.15) is 0 Å². The number of ketones is 1. The van der Waals surface area contributed by atoms with Crippen LogP contribution in [-0.4, -0.2) is 76.8 Å². The Morgan fingerprint density at radius 2 is 1.24 bits per heavy atom. The number of likely N-dealkylation sites (tertiary alicyclic amines) is 2. The largest absolute Gasteiger partial charge is 0.468 e. The third-order valence-electron chi connectivity index (χ3n) is 9.52. The number of carbonyl (C=O) groups excluding carboxylic acids is 3. The maximum Gasteiger partial charge on any atom is 0.322 e. The Bertz CT molecular complexity index is 1870. The highest BCUT2D eigenvalue weighted by atomic mass is 16.5. The van der Waals surface area contributed by atoms with Crippen molar-refractivity contribution in [2.24, 2.45) is 10.8 Å². The number of carbonyl (C=O) groups is 3. The fraction of sp³-hybridized carbons (Fsp3) is 0.278. The molecule has 2 bridgehead atoms. The Kier molecular flexibility index (Phi) is 7.33. The van der Waals surface area contributed by atoms with Crippen LogP contribution >= 0.6 is 0 Å². The number of benzene rings is 2. The molecule has 232 valence electrons. The molecular formula is C36H33N5O5. The minimum absolute atomic E-state index is 0.0186. The summed E-state index contributed by atoms with van der Waals surface area (Å²) >= 11 is 0. The van der Waals surface area contributed by atoms with E-state index in [2.05, 4.69) is 4.98 Å². The Labute approximate surface area is 266 Å². The van der Waals surface area contributed by atoms with Crippen molar-refractivity contribution in [3.8, 4) is 0 Å². The molecule has 2 aliphatic rings. The fourth-order valence-electron chi connectivity index (χ4n) is 7.69. The van der Waals surface area contributed by atoms with Crippen molar-refractivity contribution in [2.75, 3.05) is 34.4 Å². The number of esters is 2. The zero-order chi connectivity index (χ0) is 32.1. The molecule has 0 N–H and O–H groups in total. The number of Topliss-reactive ketones (excluding diaryl/α,β-unsaturated/α-hetero) is 1. The molecule has 5 aromatic rings. The number of methoxy groups -OCH3 is 2. The lowest BCUT2D eigenvalue weighted by molar-refractivity contribution is -0.204. The molecule has 2 saturated heterocycles. The van der Waals surface area contributed by atoms with Crippen LogP contribution in [0.15, 0.2) is 97.2 Å². The van der Waals surface area contributed by atoms with E-state index in [4.69, 9.17) is 19.4 Å². The van der Waals surface area contributed by atoms with Crippen LogP contribution in [0.5, 0.6) is 0 Å². The Morgan fingerprint density at radius 3 is 1.72 bits per heavy atom. The lowest BCUT2D eigenvalue weighted by Gasteiger charge is -2.60. The summed E-state index contributed by atoms with van der Waals surface area (Å²) in [6.45, 7) is 0.246. The van der Waals surface area contributed by atoms with Crippen LogP contribution in [0.4, 0.5) is 0 Å². The molecule has 0 aliphatic carbocycles. The smallest absolute Gasteiger partial charge is 0.322 e. The van der Waals surface area contributed by atoms with E-state index in [0.29, 0.717) is 22.4 Å². The van der Waals surface area contributed by atoms with Gasteiger partial charge in [-0.1, -0.05) is 54.6 Å². The van der Waals surface area contributed by atoms with E-state index in [1.54, 1.807) is 6.20 Å². The first kappa shape index (κ1) is 29.6. The van der Waals surface area contributed by atoms with Gasteiger partial charge in [-0.25, -0.2) is 0 Å². The molecule has 3 aromatic heterocycles. The van der Waals surface area contributed by atoms with Gasteiger partial charge < -0.3 is 9.47 Å². The van der Waals surface area contributed by atoms with E-state index in [0.717, 1.165) is 16.5 Å². The topological polar surface area (TPSA) is 115 Å². The van der Waals surface area contributed by atoms with Crippen LogP contribution in [0, 0.1) is 10.8 Å². The Hall–Kier alpha value is -5.06. The molecule has 2 aromatic carbocycles. The quantitative estimate of drug-likeness (QED) is 0.202. The highest BCUT2D eigenvalue weighted by molar-refractivity contribution is 6.17. The highest BCUT2D eigenvalue weighted by Crippen LogP contribution is 2.60. The molecule has 10 nitrogen and oxygen atoms in total. The fourth-order valence-corrected chi connectivity index (χ4v) is 7.69. The van der Waals surface area contributed by atoms with Crippen molar-refractivity contribution in [2.45, 2.75) is 18.6 Å². The zero-order valence-corrected chi connectivity index (χ0v) is 25.8. The van der Waals surface area contributed by atoms with Gasteiger partial charge in [0.15, 0.2) is 16.6 Å². The maximum atomic E-state index is 15.4. The van der Waals surface area contributed by atoms with E-state index in [1.165, 1.54) is 14.2 Å². The summed E-state index contributed by atoms with van der Waals surface area (Å²) in [5.41, 5.74) is -0.516. The molecule has 10 heteroatoms. The third-order valence-corrected chi connectivity index (χ3v) is 9.52. The molecule has 0 spiro atoms. The molecule has 4 unspecified atom stereocenters. The van der Waals surface area contributed by atoms with Crippen LogP contribution in [-0.2, 0) is 30.4 Å². The lowest BCUT2D eigenvalue weighted by atomic mass is 9.54. The second-order valence-electron chi connectivity index (χ2n) is 12.0. The van der Waals surface area contributed by atoms with Gasteiger partial charge in [0.2, 0.25) is 0 Å². The maximum absolute atomic E-state index is 15.4. The SMILES string of the molecule is COC(=O)C12CN(Cc3ccccn3)CC(C(=O)OC)(C1=O)C(c1ccc3ccccc3n1)N(C)C2c1ccc2ccccc2n1. The van der Waals surface area contributed by atoms with Crippen LogP contribution in [0.3, 0.4) is 0 Å². The number of rotatable bonds is 6. The molecular weight excluding hydrogens is 582 g/mol. The molecule has 2 aliphatic heterocycles. The normalized spacial score (nSPS) is 25.0. The molecule has 5 heterocycles. The van der Waals surface area contributed by atoms with E-state index in [9.17, 15) is 9.59 Å². The number of hydrogen-bond donors (Lipinski definition) is 0. The summed E-state index contributed by atoms with van der Waals surface area (Å²) in [4.78, 5) is 62.2. The summed E-state index contributed by atoms with van der Waals surface area (Å²) in [6.07, 6.45) is 1.69. The highest BCUT2D eigenvalue weighted by Gasteiger charge is 2.75. The molecule has 46 heavy (non-hydrogen) atoms. The van der Waals surface area contributed by atoms with E-state index < -0.39 is 40.6 Å². The van der Waals surface area contributed by atoms with Gasteiger partial charge in [-0.3, -0.25) is 39.1 Å². The van der Waals surface area contributed by atoms with Crippen molar-refractivity contribution in [3.63, 3.8) is 0 Å². The summed E-state index contributed by atoms with van der Waals surface area (Å²) in [7, 11) is 4.35. The standard InChI is InChI=1S/C36H33N5O5/c1-40-30(28-17-15-23-10-4-6-13-26(23)38-28)35(33(43)45-2)21-41(20-25-12-8-9-19-37-25)22-36(32(35)42,34(44)46-3)31(40)29-18-16-24-11-5-7-14-27(24)39-29/h4-19,30-31H,20-22H2,1-3H3. The predicted molar refractivity (Wildman–Crippen MR) is 170 cm³/mol. The van der Waals surface area contributed by atoms with Crippen molar-refractivity contribution >= 4 is 39.5 Å². The first-order chi connectivity index (χ1) is 22.3. The zero-order valence-electron chi connectivity index (χ0n) is 25.8. The van der Waals surface area contributed by atoms with Crippen molar-refractivity contribution in [1.82, 2.24) is 24.8 Å². The van der Waals surface area contributed by atoms with Gasteiger partial charge >= 0.3 is 11.9 Å². The second-order valence-corrected chi connectivity index (χ2v) is 12.0. The number of fused-ring (bicyclic) bond motifs is 4. The average molecular weight is 616 g/mol. The molecule has 0 radical (unpaired) electrons. The molecule has 2 fully saturated rings. The Balaban J connectivity index is 1.52. The van der Waals surface area contributed by atoms with E-state index in [1.807, 2.05) is 108 Å². The van der Waals surface area contributed by atoms with Gasteiger partial charge in [0, 0.05) is 36.6 Å². The van der Waals surface area contributed by atoms with Gasteiger partial charge in [-0.15, -0.1) is 0 Å². The first-order valence-corrected chi connectivity index (χ1v) is 15.1. The monoisotopic (exact) mass is 615 g/mol. The predicted octanol–water partition coefficient (Wildman–Crippen LogP) is 4.31. The van der Waals surface area contributed by atoms with Crippen LogP contribution in [0.2, 0.25) is 0 Å². The minimum Gasteiger partial charge on any atom is -0.468 e. The number of nitrogens with zero attached hydrogens (tertiary/aromatic N) is 5. The van der Waals surface area contributed by atoms with Crippen LogP contribution < -0.4 is 0 Å². The second kappa shape index (κ2) is 11.4. The summed E-state index contributed by atoms with van der Waals surface area (Å²) < 4.78 is 10.9. The van der Waals surface area contributed by atoms with Gasteiger partial charge in [0.05, 0.1) is 54.4 Å². The van der Waals surface area contributed by atoms with Crippen molar-refractivity contribution < 1.29 is 23.9 Å². The number of hydrogen-bond acceptors (Lipinski definition) is 10. The van der Waals surface area contributed by atoms with E-state index in [-0.39, 0.29) is 19.6 Å². The Morgan fingerprint density at radius 1 is 0.739 bits per heavy atom. The number of para-hydroxylation sites is 2. The van der Waals surface area contributed by atoms with Crippen molar-refractivity contribution in [1.29, 1.82) is 0 Å². The number of pyridine rings is 3. The minimum atomic E-state index is -1.84. The molecule has 4 atom stereocenters. The average Bonchev–Trinajstić information content (AvgIpc) is 3.09. The number of ether oxygens (including phenoxy) is 2.